The number of ether oxygens (including phenoxy) is 1. The van der Waals surface area contributed by atoms with Gasteiger partial charge >= 0.3 is 5.97 Å². The fourth-order valence-corrected chi connectivity index (χ4v) is 1.61. The summed E-state index contributed by atoms with van der Waals surface area (Å²) in [7, 11) is 1.45. The van der Waals surface area contributed by atoms with Crippen molar-refractivity contribution in [1.82, 2.24) is 0 Å². The Morgan fingerprint density at radius 1 is 1.50 bits per heavy atom. The molecule has 1 aliphatic carbocycles. The van der Waals surface area contributed by atoms with Crippen molar-refractivity contribution in [1.29, 1.82) is 0 Å². The summed E-state index contributed by atoms with van der Waals surface area (Å²) in [6.07, 6.45) is 1.97. The van der Waals surface area contributed by atoms with E-state index < -0.39 is 0 Å². The summed E-state index contributed by atoms with van der Waals surface area (Å²) in [5.41, 5.74) is 0.374. The molecule has 0 N–H and O–H groups in total. The molecule has 0 aromatic rings. The van der Waals surface area contributed by atoms with Gasteiger partial charge in [0.15, 0.2) is 0 Å². The van der Waals surface area contributed by atoms with Gasteiger partial charge in [-0.15, -0.1) is 0 Å². The molecule has 0 saturated heterocycles. The molecule has 0 bridgehead atoms. The summed E-state index contributed by atoms with van der Waals surface area (Å²) < 4.78 is 4.61. The lowest BCUT2D eigenvalue weighted by atomic mass is 9.64. The first-order valence-electron chi connectivity index (χ1n) is 3.63. The standard InChI is InChI=1S/C8H14O2/c1-8(2)4-6(5-8)7(9)10-3/h6H,4-5H2,1-3H3. The zero-order valence-electron chi connectivity index (χ0n) is 6.81. The van der Waals surface area contributed by atoms with Crippen LogP contribution in [0.1, 0.15) is 26.7 Å². The Hall–Kier alpha value is -0.530. The van der Waals surface area contributed by atoms with E-state index >= 15 is 0 Å². The molecule has 2 nitrogen and oxygen atoms in total. The minimum atomic E-state index is -0.0423. The Kier molecular flexibility index (Phi) is 1.71. The molecule has 0 aromatic heterocycles. The smallest absolute Gasteiger partial charge is 0.308 e. The molecular formula is C8H14O2. The first-order chi connectivity index (χ1) is 4.55. The van der Waals surface area contributed by atoms with Crippen molar-refractivity contribution in [2.75, 3.05) is 7.11 Å². The number of hydrogen-bond acceptors (Lipinski definition) is 2. The van der Waals surface area contributed by atoms with Crippen LogP contribution in [0.5, 0.6) is 0 Å². The second-order valence-electron chi connectivity index (χ2n) is 3.79. The predicted octanol–water partition coefficient (Wildman–Crippen LogP) is 1.60. The maximum Gasteiger partial charge on any atom is 0.308 e. The van der Waals surface area contributed by atoms with Crippen LogP contribution in [0.2, 0.25) is 0 Å². The number of methoxy groups -OCH3 is 1. The molecule has 1 aliphatic rings. The number of esters is 1. The van der Waals surface area contributed by atoms with Crippen LogP contribution in [0.25, 0.3) is 0 Å². The minimum Gasteiger partial charge on any atom is -0.469 e. The Balaban J connectivity index is 2.33. The van der Waals surface area contributed by atoms with E-state index in [0.29, 0.717) is 5.41 Å². The van der Waals surface area contributed by atoms with Crippen molar-refractivity contribution in [3.8, 4) is 0 Å². The monoisotopic (exact) mass is 142 g/mol. The van der Waals surface area contributed by atoms with Crippen molar-refractivity contribution in [2.45, 2.75) is 26.7 Å². The fourth-order valence-electron chi connectivity index (χ4n) is 1.61. The van der Waals surface area contributed by atoms with Gasteiger partial charge in [0.1, 0.15) is 0 Å². The van der Waals surface area contributed by atoms with E-state index in [-0.39, 0.29) is 11.9 Å². The van der Waals surface area contributed by atoms with E-state index in [0.717, 1.165) is 12.8 Å². The summed E-state index contributed by atoms with van der Waals surface area (Å²) in [6.45, 7) is 4.35. The van der Waals surface area contributed by atoms with Crippen molar-refractivity contribution < 1.29 is 9.53 Å². The highest BCUT2D eigenvalue weighted by Crippen LogP contribution is 2.44. The van der Waals surface area contributed by atoms with Crippen LogP contribution in [-0.2, 0) is 9.53 Å². The predicted molar refractivity (Wildman–Crippen MR) is 38.5 cm³/mol. The SMILES string of the molecule is COC(=O)C1CC(C)(C)C1. The van der Waals surface area contributed by atoms with E-state index in [2.05, 4.69) is 18.6 Å². The molecule has 0 spiro atoms. The number of hydrogen-bond donors (Lipinski definition) is 0. The van der Waals surface area contributed by atoms with E-state index in [1.54, 1.807) is 0 Å². The molecule has 0 unspecified atom stereocenters. The molecule has 0 atom stereocenters. The number of rotatable bonds is 1. The van der Waals surface area contributed by atoms with E-state index in [4.69, 9.17) is 0 Å². The maximum atomic E-state index is 10.9. The van der Waals surface area contributed by atoms with Crippen molar-refractivity contribution in [2.24, 2.45) is 11.3 Å². The lowest BCUT2D eigenvalue weighted by Crippen LogP contribution is -2.37. The highest BCUT2D eigenvalue weighted by atomic mass is 16.5. The van der Waals surface area contributed by atoms with Crippen LogP contribution in [-0.4, -0.2) is 13.1 Å². The van der Waals surface area contributed by atoms with Crippen molar-refractivity contribution >= 4 is 5.97 Å². The molecule has 0 amide bonds. The first kappa shape index (κ1) is 7.58. The highest BCUT2D eigenvalue weighted by Gasteiger charge is 2.40. The first-order valence-corrected chi connectivity index (χ1v) is 3.63. The normalized spacial score (nSPS) is 23.5. The van der Waals surface area contributed by atoms with Gasteiger partial charge in [0.25, 0.3) is 0 Å². The molecule has 0 aromatic carbocycles. The van der Waals surface area contributed by atoms with Crippen LogP contribution >= 0.6 is 0 Å². The number of carbonyl (C=O) groups is 1. The molecule has 10 heavy (non-hydrogen) atoms. The Labute approximate surface area is 61.6 Å². The van der Waals surface area contributed by atoms with Gasteiger partial charge in [-0.3, -0.25) is 4.79 Å². The Morgan fingerprint density at radius 2 is 2.00 bits per heavy atom. The molecule has 58 valence electrons. The van der Waals surface area contributed by atoms with Gasteiger partial charge in [-0.25, -0.2) is 0 Å². The van der Waals surface area contributed by atoms with Crippen molar-refractivity contribution in [3.05, 3.63) is 0 Å². The largest absolute Gasteiger partial charge is 0.469 e. The topological polar surface area (TPSA) is 26.3 Å². The molecular weight excluding hydrogens is 128 g/mol. The van der Waals surface area contributed by atoms with Crippen LogP contribution in [0, 0.1) is 11.3 Å². The summed E-state index contributed by atoms with van der Waals surface area (Å²) >= 11 is 0. The third-order valence-corrected chi connectivity index (χ3v) is 2.13. The van der Waals surface area contributed by atoms with Crippen LogP contribution in [0.15, 0.2) is 0 Å². The molecule has 1 fully saturated rings. The third kappa shape index (κ3) is 1.31. The van der Waals surface area contributed by atoms with Gasteiger partial charge in [0.05, 0.1) is 13.0 Å². The second-order valence-corrected chi connectivity index (χ2v) is 3.79. The molecule has 1 rings (SSSR count). The lowest BCUT2D eigenvalue weighted by molar-refractivity contribution is -0.152. The minimum absolute atomic E-state index is 0.0423. The van der Waals surface area contributed by atoms with Gasteiger partial charge in [0, 0.05) is 0 Å². The molecule has 2 heteroatoms. The average molecular weight is 142 g/mol. The van der Waals surface area contributed by atoms with E-state index in [9.17, 15) is 4.79 Å². The molecule has 0 radical (unpaired) electrons. The average Bonchev–Trinajstić information content (AvgIpc) is 1.81. The lowest BCUT2D eigenvalue weighted by Gasteiger charge is -2.40. The van der Waals surface area contributed by atoms with Gasteiger partial charge in [-0.1, -0.05) is 13.8 Å². The zero-order chi connectivity index (χ0) is 7.78. The maximum absolute atomic E-state index is 10.9. The van der Waals surface area contributed by atoms with Crippen molar-refractivity contribution in [3.63, 3.8) is 0 Å². The Bertz CT molecular complexity index is 141. The van der Waals surface area contributed by atoms with Gasteiger partial charge in [-0.2, -0.15) is 0 Å². The van der Waals surface area contributed by atoms with Crippen LogP contribution in [0.4, 0.5) is 0 Å². The van der Waals surface area contributed by atoms with Gasteiger partial charge < -0.3 is 4.74 Å². The summed E-state index contributed by atoms with van der Waals surface area (Å²) in [5, 5.41) is 0. The summed E-state index contributed by atoms with van der Waals surface area (Å²) in [6, 6.07) is 0. The third-order valence-electron chi connectivity index (χ3n) is 2.13. The summed E-state index contributed by atoms with van der Waals surface area (Å²) in [5.74, 6) is 0.138. The number of carbonyl (C=O) groups excluding carboxylic acids is 1. The summed E-state index contributed by atoms with van der Waals surface area (Å²) in [4.78, 5) is 10.9. The highest BCUT2D eigenvalue weighted by molar-refractivity contribution is 5.73. The molecule has 0 heterocycles. The zero-order valence-corrected chi connectivity index (χ0v) is 6.81. The van der Waals surface area contributed by atoms with E-state index in [1.165, 1.54) is 7.11 Å². The van der Waals surface area contributed by atoms with Gasteiger partial charge in [0.2, 0.25) is 0 Å². The molecule has 1 saturated carbocycles. The van der Waals surface area contributed by atoms with Crippen LogP contribution in [0.3, 0.4) is 0 Å². The quantitative estimate of drug-likeness (QED) is 0.520. The fraction of sp³-hybridized carbons (Fsp3) is 0.875. The second kappa shape index (κ2) is 2.26. The van der Waals surface area contributed by atoms with Crippen LogP contribution < -0.4 is 0 Å². The van der Waals surface area contributed by atoms with Gasteiger partial charge in [-0.05, 0) is 18.3 Å². The van der Waals surface area contributed by atoms with E-state index in [1.807, 2.05) is 0 Å². The molecule has 0 aliphatic heterocycles. The Morgan fingerprint density at radius 3 is 2.30 bits per heavy atom.